The predicted octanol–water partition coefficient (Wildman–Crippen LogP) is 6.90. The van der Waals surface area contributed by atoms with Crippen molar-refractivity contribution in [3.8, 4) is 11.5 Å². The van der Waals surface area contributed by atoms with Gasteiger partial charge >= 0.3 is 6.18 Å². The van der Waals surface area contributed by atoms with Crippen LogP contribution in [0.15, 0.2) is 60.7 Å². The van der Waals surface area contributed by atoms with Gasteiger partial charge in [-0.15, -0.1) is 0 Å². The molecule has 3 aromatic carbocycles. The predicted molar refractivity (Wildman–Crippen MR) is 118 cm³/mol. The Kier molecular flexibility index (Phi) is 7.30. The third-order valence-corrected chi connectivity index (χ3v) is 5.02. The minimum absolute atomic E-state index is 0.0492. The van der Waals surface area contributed by atoms with Gasteiger partial charge in [-0.3, -0.25) is 4.79 Å². The Hall–Kier alpha value is -3.19. The maximum Gasteiger partial charge on any atom is 0.416 e. The standard InChI is InChI=1S/C24H21ClF3NO3/c1-3-31-22-10-7-16(12-17(22)14-32-20-8-9-21(25)15(2)11-20)23(30)29-19-6-4-5-18(13-19)24(26,27)28/h4-13H,3,14H2,1-2H3,(H,29,30). The molecule has 4 nitrogen and oxygen atoms in total. The third kappa shape index (κ3) is 5.95. The second-order valence-electron chi connectivity index (χ2n) is 6.99. The van der Waals surface area contributed by atoms with Crippen molar-refractivity contribution in [2.45, 2.75) is 26.6 Å². The van der Waals surface area contributed by atoms with E-state index in [0.29, 0.717) is 28.7 Å². The van der Waals surface area contributed by atoms with E-state index in [2.05, 4.69) is 5.32 Å². The molecule has 0 spiro atoms. The van der Waals surface area contributed by atoms with Crippen molar-refractivity contribution in [2.24, 2.45) is 0 Å². The molecule has 1 amide bonds. The highest BCUT2D eigenvalue weighted by Gasteiger charge is 2.30. The fourth-order valence-corrected chi connectivity index (χ4v) is 3.09. The number of amides is 1. The van der Waals surface area contributed by atoms with Crippen LogP contribution >= 0.6 is 11.6 Å². The van der Waals surface area contributed by atoms with Gasteiger partial charge < -0.3 is 14.8 Å². The first-order chi connectivity index (χ1) is 15.2. The maximum atomic E-state index is 12.9. The second kappa shape index (κ2) is 9.96. The fraction of sp³-hybridized carbons (Fsp3) is 0.208. The summed E-state index contributed by atoms with van der Waals surface area (Å²) < 4.78 is 50.2. The molecule has 0 saturated heterocycles. The van der Waals surface area contributed by atoms with Gasteiger partial charge in [0.25, 0.3) is 5.91 Å². The number of aryl methyl sites for hydroxylation is 1. The van der Waals surface area contributed by atoms with E-state index in [1.54, 1.807) is 36.4 Å². The Balaban J connectivity index is 1.79. The van der Waals surface area contributed by atoms with Crippen LogP contribution < -0.4 is 14.8 Å². The van der Waals surface area contributed by atoms with Crippen LogP contribution in [-0.4, -0.2) is 12.5 Å². The molecule has 0 saturated carbocycles. The average Bonchev–Trinajstić information content (AvgIpc) is 2.75. The molecule has 1 N–H and O–H groups in total. The highest BCUT2D eigenvalue weighted by atomic mass is 35.5. The van der Waals surface area contributed by atoms with Crippen LogP contribution in [-0.2, 0) is 12.8 Å². The Morgan fingerprint density at radius 3 is 2.50 bits per heavy atom. The lowest BCUT2D eigenvalue weighted by molar-refractivity contribution is -0.137. The van der Waals surface area contributed by atoms with Crippen LogP contribution in [0.2, 0.25) is 5.02 Å². The fourth-order valence-electron chi connectivity index (χ4n) is 2.97. The highest BCUT2D eigenvalue weighted by Crippen LogP contribution is 2.31. The lowest BCUT2D eigenvalue weighted by Gasteiger charge is -2.14. The Bertz CT molecular complexity index is 1120. The molecule has 3 aromatic rings. The highest BCUT2D eigenvalue weighted by molar-refractivity contribution is 6.31. The van der Waals surface area contributed by atoms with E-state index in [-0.39, 0.29) is 17.9 Å². The van der Waals surface area contributed by atoms with E-state index in [0.717, 1.165) is 17.7 Å². The summed E-state index contributed by atoms with van der Waals surface area (Å²) in [6.07, 6.45) is -4.50. The zero-order chi connectivity index (χ0) is 23.3. The molecule has 0 bridgehead atoms. The van der Waals surface area contributed by atoms with Gasteiger partial charge in [0, 0.05) is 21.8 Å². The molecule has 168 valence electrons. The zero-order valence-electron chi connectivity index (χ0n) is 17.4. The van der Waals surface area contributed by atoms with Crippen LogP contribution in [0.4, 0.5) is 18.9 Å². The monoisotopic (exact) mass is 463 g/mol. The van der Waals surface area contributed by atoms with Gasteiger partial charge in [-0.1, -0.05) is 17.7 Å². The zero-order valence-corrected chi connectivity index (χ0v) is 18.2. The summed E-state index contributed by atoms with van der Waals surface area (Å²) in [4.78, 5) is 12.7. The molecule has 0 heterocycles. The summed E-state index contributed by atoms with van der Waals surface area (Å²) >= 11 is 6.04. The molecule has 0 fully saturated rings. The lowest BCUT2D eigenvalue weighted by Crippen LogP contribution is -2.14. The van der Waals surface area contributed by atoms with Gasteiger partial charge in [0.15, 0.2) is 0 Å². The van der Waals surface area contributed by atoms with Crippen LogP contribution in [0.3, 0.4) is 0 Å². The summed E-state index contributed by atoms with van der Waals surface area (Å²) in [5.74, 6) is 0.609. The summed E-state index contributed by atoms with van der Waals surface area (Å²) in [6, 6.07) is 14.5. The normalized spacial score (nSPS) is 11.2. The van der Waals surface area contributed by atoms with Crippen molar-refractivity contribution in [3.63, 3.8) is 0 Å². The molecule has 0 aliphatic heterocycles. The lowest BCUT2D eigenvalue weighted by atomic mass is 10.1. The van der Waals surface area contributed by atoms with Crippen molar-refractivity contribution in [3.05, 3.63) is 87.9 Å². The number of halogens is 4. The van der Waals surface area contributed by atoms with E-state index in [1.807, 2.05) is 13.8 Å². The van der Waals surface area contributed by atoms with Gasteiger partial charge in [-0.2, -0.15) is 13.2 Å². The molecule has 0 unspecified atom stereocenters. The molecule has 0 aliphatic rings. The molecule has 0 aliphatic carbocycles. The van der Waals surface area contributed by atoms with Crippen molar-refractivity contribution in [1.82, 2.24) is 0 Å². The average molecular weight is 464 g/mol. The topological polar surface area (TPSA) is 47.6 Å². The molecule has 0 atom stereocenters. The number of carbonyl (C=O) groups is 1. The third-order valence-electron chi connectivity index (χ3n) is 4.59. The Labute approximate surface area is 188 Å². The first-order valence-electron chi connectivity index (χ1n) is 9.80. The number of hydrogen-bond donors (Lipinski definition) is 1. The van der Waals surface area contributed by atoms with Crippen molar-refractivity contribution in [2.75, 3.05) is 11.9 Å². The number of ether oxygens (including phenoxy) is 2. The van der Waals surface area contributed by atoms with Crippen molar-refractivity contribution < 1.29 is 27.4 Å². The van der Waals surface area contributed by atoms with Crippen LogP contribution in [0.5, 0.6) is 11.5 Å². The molecule has 0 radical (unpaired) electrons. The number of alkyl halides is 3. The summed E-state index contributed by atoms with van der Waals surface area (Å²) in [7, 11) is 0. The summed E-state index contributed by atoms with van der Waals surface area (Å²) in [5, 5.41) is 3.13. The van der Waals surface area contributed by atoms with Gasteiger partial charge in [-0.25, -0.2) is 0 Å². The summed E-state index contributed by atoms with van der Waals surface area (Å²) in [6.45, 7) is 4.24. The first kappa shape index (κ1) is 23.5. The number of rotatable bonds is 7. The van der Waals surface area contributed by atoms with E-state index < -0.39 is 17.6 Å². The van der Waals surface area contributed by atoms with E-state index in [4.69, 9.17) is 21.1 Å². The van der Waals surface area contributed by atoms with Crippen LogP contribution in [0.25, 0.3) is 0 Å². The molecule has 0 aromatic heterocycles. The van der Waals surface area contributed by atoms with Crippen LogP contribution in [0, 0.1) is 6.92 Å². The summed E-state index contributed by atoms with van der Waals surface area (Å²) in [5.41, 5.74) is 0.957. The Morgan fingerprint density at radius 2 is 1.81 bits per heavy atom. The molecular weight excluding hydrogens is 443 g/mol. The molecule has 32 heavy (non-hydrogen) atoms. The van der Waals surface area contributed by atoms with Gasteiger partial charge in [-0.05, 0) is 74.0 Å². The van der Waals surface area contributed by atoms with Gasteiger partial charge in [0.2, 0.25) is 0 Å². The van der Waals surface area contributed by atoms with E-state index in [9.17, 15) is 18.0 Å². The molecular formula is C24H21ClF3NO3. The molecule has 3 rings (SSSR count). The molecule has 8 heteroatoms. The van der Waals surface area contributed by atoms with Crippen molar-refractivity contribution in [1.29, 1.82) is 0 Å². The van der Waals surface area contributed by atoms with E-state index >= 15 is 0 Å². The maximum absolute atomic E-state index is 12.9. The largest absolute Gasteiger partial charge is 0.493 e. The first-order valence-corrected chi connectivity index (χ1v) is 10.2. The van der Waals surface area contributed by atoms with Crippen molar-refractivity contribution >= 4 is 23.2 Å². The SMILES string of the molecule is CCOc1ccc(C(=O)Nc2cccc(C(F)(F)F)c2)cc1COc1ccc(Cl)c(C)c1. The van der Waals surface area contributed by atoms with Gasteiger partial charge in [0.05, 0.1) is 12.2 Å². The van der Waals surface area contributed by atoms with E-state index in [1.165, 1.54) is 12.1 Å². The number of benzene rings is 3. The number of anilines is 1. The number of carbonyl (C=O) groups excluding carboxylic acids is 1. The minimum Gasteiger partial charge on any atom is -0.493 e. The van der Waals surface area contributed by atoms with Gasteiger partial charge in [0.1, 0.15) is 18.1 Å². The second-order valence-corrected chi connectivity index (χ2v) is 7.40. The smallest absolute Gasteiger partial charge is 0.416 e. The van der Waals surface area contributed by atoms with Crippen LogP contribution in [0.1, 0.15) is 34.0 Å². The number of hydrogen-bond acceptors (Lipinski definition) is 3. The number of nitrogens with one attached hydrogen (secondary N) is 1. The minimum atomic E-state index is -4.50. The quantitative estimate of drug-likeness (QED) is 0.414. The Morgan fingerprint density at radius 1 is 1.03 bits per heavy atom.